The number of hydrogen-bond donors (Lipinski definition) is 1. The van der Waals surface area contributed by atoms with Crippen LogP contribution in [0.3, 0.4) is 0 Å². The molecular weight excluding hydrogens is 400 g/mol. The van der Waals surface area contributed by atoms with Crippen LogP contribution >= 0.6 is 0 Å². The van der Waals surface area contributed by atoms with E-state index < -0.39 is 5.97 Å². The lowest BCUT2D eigenvalue weighted by Crippen LogP contribution is -2.29. The number of aromatic nitrogens is 3. The quantitative estimate of drug-likeness (QED) is 0.683. The first-order valence-corrected chi connectivity index (χ1v) is 10.6. The van der Waals surface area contributed by atoms with Crippen molar-refractivity contribution in [3.63, 3.8) is 0 Å². The average Bonchev–Trinajstić information content (AvgIpc) is 3.13. The minimum absolute atomic E-state index is 0.0720. The van der Waals surface area contributed by atoms with E-state index in [1.165, 1.54) is 4.90 Å². The van der Waals surface area contributed by atoms with Gasteiger partial charge in [0.15, 0.2) is 0 Å². The zero-order chi connectivity index (χ0) is 22.4. The molecule has 1 aliphatic rings. The average molecular weight is 431 g/mol. The van der Waals surface area contributed by atoms with Crippen LogP contribution in [0.25, 0.3) is 11.3 Å². The predicted molar refractivity (Wildman–Crippen MR) is 114 cm³/mol. The summed E-state index contributed by atoms with van der Waals surface area (Å²) in [6.07, 6.45) is 3.34. The molecule has 0 saturated heterocycles. The van der Waals surface area contributed by atoms with Crippen molar-refractivity contribution in [3.8, 4) is 17.0 Å². The number of carbonyl (C=O) groups is 2. The van der Waals surface area contributed by atoms with E-state index in [4.69, 9.17) is 9.47 Å². The van der Waals surface area contributed by atoms with Crippen molar-refractivity contribution in [2.24, 2.45) is 13.0 Å². The van der Waals surface area contributed by atoms with Gasteiger partial charge in [-0.05, 0) is 56.4 Å². The van der Waals surface area contributed by atoms with Crippen LogP contribution in [0.1, 0.15) is 44.7 Å². The van der Waals surface area contributed by atoms with Crippen LogP contribution in [0.2, 0.25) is 0 Å². The molecule has 0 bridgehead atoms. The molecule has 2 aromatic rings. The fourth-order valence-corrected chi connectivity index (χ4v) is 3.79. The first-order valence-electron chi connectivity index (χ1n) is 10.6. The predicted octanol–water partition coefficient (Wildman–Crippen LogP) is 3.48. The molecule has 9 heteroatoms. The normalized spacial score (nSPS) is 18.4. The third-order valence-corrected chi connectivity index (χ3v) is 5.55. The van der Waals surface area contributed by atoms with E-state index in [0.29, 0.717) is 36.5 Å². The lowest BCUT2D eigenvalue weighted by atomic mass is 9.87. The molecule has 1 aliphatic carbocycles. The Hall–Kier alpha value is -3.10. The molecule has 0 aliphatic heterocycles. The van der Waals surface area contributed by atoms with Gasteiger partial charge < -0.3 is 19.5 Å². The largest absolute Gasteiger partial charge is 0.490 e. The maximum atomic E-state index is 12.1. The lowest BCUT2D eigenvalue weighted by molar-refractivity contribution is -0.143. The number of nitrogens with zero attached hydrogens (tertiary/aromatic N) is 4. The van der Waals surface area contributed by atoms with Gasteiger partial charge in [0.05, 0.1) is 12.0 Å². The van der Waals surface area contributed by atoms with Crippen LogP contribution in [0.15, 0.2) is 24.3 Å². The van der Waals surface area contributed by atoms with E-state index in [9.17, 15) is 14.7 Å². The summed E-state index contributed by atoms with van der Waals surface area (Å²) < 4.78 is 13.0. The molecule has 1 aromatic heterocycles. The molecule has 1 fully saturated rings. The number of carboxylic acid groups (broad SMARTS) is 1. The summed E-state index contributed by atoms with van der Waals surface area (Å²) in [6, 6.07) is 7.45. The van der Waals surface area contributed by atoms with Crippen LogP contribution < -0.4 is 4.74 Å². The number of carboxylic acids is 1. The summed E-state index contributed by atoms with van der Waals surface area (Å²) >= 11 is 0. The highest BCUT2D eigenvalue weighted by Crippen LogP contribution is 2.29. The second-order valence-corrected chi connectivity index (χ2v) is 7.95. The number of ether oxygens (including phenoxy) is 2. The van der Waals surface area contributed by atoms with Gasteiger partial charge in [0, 0.05) is 26.2 Å². The highest BCUT2D eigenvalue weighted by atomic mass is 16.6. The first-order chi connectivity index (χ1) is 14.9. The van der Waals surface area contributed by atoms with Gasteiger partial charge in [0.2, 0.25) is 0 Å². The second kappa shape index (κ2) is 10.3. The minimum Gasteiger partial charge on any atom is -0.490 e. The van der Waals surface area contributed by atoms with Gasteiger partial charge in [-0.1, -0.05) is 12.1 Å². The molecule has 31 heavy (non-hydrogen) atoms. The van der Waals surface area contributed by atoms with Crippen LogP contribution in [0, 0.1) is 5.92 Å². The number of rotatable bonds is 8. The first kappa shape index (κ1) is 22.6. The minimum atomic E-state index is -0.750. The van der Waals surface area contributed by atoms with Crippen molar-refractivity contribution in [1.82, 2.24) is 19.9 Å². The Labute approximate surface area is 181 Å². The lowest BCUT2D eigenvalue weighted by Gasteiger charge is -2.27. The van der Waals surface area contributed by atoms with Crippen molar-refractivity contribution < 1.29 is 24.2 Å². The number of amides is 1. The Balaban J connectivity index is 1.65. The zero-order valence-electron chi connectivity index (χ0n) is 18.3. The molecule has 0 spiro atoms. The number of carbonyl (C=O) groups excluding carboxylic acids is 1. The van der Waals surface area contributed by atoms with Gasteiger partial charge in [-0.3, -0.25) is 4.79 Å². The summed E-state index contributed by atoms with van der Waals surface area (Å²) in [4.78, 5) is 24.9. The molecule has 0 radical (unpaired) electrons. The SMILES string of the molecule is CCCN(C)C(=O)OCc1c(-c2ccc(O[C@H]3CCC[C@H](C(=O)O)C3)cc2)nnn1C. The topological polar surface area (TPSA) is 107 Å². The molecule has 2 atom stereocenters. The van der Waals surface area contributed by atoms with Crippen LogP contribution in [0.4, 0.5) is 4.79 Å². The van der Waals surface area contributed by atoms with Crippen LogP contribution in [0.5, 0.6) is 5.75 Å². The molecule has 1 heterocycles. The molecule has 3 rings (SSSR count). The molecule has 1 aromatic carbocycles. The van der Waals surface area contributed by atoms with Gasteiger partial charge in [0.25, 0.3) is 0 Å². The summed E-state index contributed by atoms with van der Waals surface area (Å²) in [6.45, 7) is 2.70. The summed E-state index contributed by atoms with van der Waals surface area (Å²) in [5.41, 5.74) is 2.17. The summed E-state index contributed by atoms with van der Waals surface area (Å²) in [5.74, 6) is -0.391. The molecule has 1 saturated carbocycles. The Kier molecular flexibility index (Phi) is 7.49. The molecule has 1 N–H and O–H groups in total. The van der Waals surface area contributed by atoms with Gasteiger partial charge in [-0.15, -0.1) is 5.10 Å². The smallest absolute Gasteiger partial charge is 0.409 e. The summed E-state index contributed by atoms with van der Waals surface area (Å²) in [7, 11) is 3.47. The number of benzene rings is 1. The Morgan fingerprint density at radius 2 is 2.00 bits per heavy atom. The fourth-order valence-electron chi connectivity index (χ4n) is 3.79. The van der Waals surface area contributed by atoms with E-state index in [-0.39, 0.29) is 24.7 Å². The van der Waals surface area contributed by atoms with Gasteiger partial charge >= 0.3 is 12.1 Å². The van der Waals surface area contributed by atoms with E-state index in [0.717, 1.165) is 24.8 Å². The van der Waals surface area contributed by atoms with Crippen molar-refractivity contribution >= 4 is 12.1 Å². The third-order valence-electron chi connectivity index (χ3n) is 5.55. The van der Waals surface area contributed by atoms with Crippen LogP contribution in [-0.2, 0) is 23.2 Å². The van der Waals surface area contributed by atoms with Gasteiger partial charge in [0.1, 0.15) is 23.7 Å². The maximum Gasteiger partial charge on any atom is 0.409 e. The van der Waals surface area contributed by atoms with E-state index in [2.05, 4.69) is 10.3 Å². The molecule has 0 unspecified atom stereocenters. The van der Waals surface area contributed by atoms with E-state index >= 15 is 0 Å². The highest BCUT2D eigenvalue weighted by molar-refractivity contribution is 5.70. The Bertz CT molecular complexity index is 896. The van der Waals surface area contributed by atoms with Gasteiger partial charge in [-0.25, -0.2) is 9.48 Å². The Morgan fingerprint density at radius 1 is 1.26 bits per heavy atom. The van der Waals surface area contributed by atoms with E-state index in [1.54, 1.807) is 18.8 Å². The van der Waals surface area contributed by atoms with Crippen molar-refractivity contribution in [3.05, 3.63) is 30.0 Å². The van der Waals surface area contributed by atoms with Crippen LogP contribution in [-0.4, -0.2) is 56.8 Å². The second-order valence-electron chi connectivity index (χ2n) is 7.95. The number of hydrogen-bond acceptors (Lipinski definition) is 6. The van der Waals surface area contributed by atoms with Crippen molar-refractivity contribution in [1.29, 1.82) is 0 Å². The summed E-state index contributed by atoms with van der Waals surface area (Å²) in [5, 5.41) is 17.5. The maximum absolute atomic E-state index is 12.1. The molecule has 1 amide bonds. The van der Waals surface area contributed by atoms with Crippen molar-refractivity contribution in [2.45, 2.75) is 51.7 Å². The molecule has 168 valence electrons. The van der Waals surface area contributed by atoms with Gasteiger partial charge in [-0.2, -0.15) is 0 Å². The fraction of sp³-hybridized carbons (Fsp3) is 0.545. The molecular formula is C22H30N4O5. The standard InChI is InChI=1S/C22H30N4O5/c1-4-12-25(2)22(29)30-14-19-20(23-24-26(19)3)15-8-10-17(11-9-15)31-18-7-5-6-16(13-18)21(27)28/h8-11,16,18H,4-7,12-14H2,1-3H3,(H,27,28)/t16-,18-/m0/s1. The highest BCUT2D eigenvalue weighted by Gasteiger charge is 2.28. The van der Waals surface area contributed by atoms with E-state index in [1.807, 2.05) is 31.2 Å². The zero-order valence-corrected chi connectivity index (χ0v) is 18.3. The molecule has 9 nitrogen and oxygen atoms in total. The third kappa shape index (κ3) is 5.74. The number of aliphatic carboxylic acids is 1. The monoisotopic (exact) mass is 430 g/mol. The Morgan fingerprint density at radius 3 is 2.68 bits per heavy atom. The number of aryl methyl sites for hydroxylation is 1. The van der Waals surface area contributed by atoms with Crippen molar-refractivity contribution in [2.75, 3.05) is 13.6 Å².